The van der Waals surface area contributed by atoms with Crippen LogP contribution in [0, 0.1) is 0 Å². The van der Waals surface area contributed by atoms with Crippen LogP contribution in [0.1, 0.15) is 83.5 Å². The Bertz CT molecular complexity index is 495. The summed E-state index contributed by atoms with van der Waals surface area (Å²) in [5, 5.41) is 10.7. The van der Waals surface area contributed by atoms with E-state index in [0.717, 1.165) is 30.4 Å². The number of hydrogen-bond acceptors (Lipinski definition) is 3. The van der Waals surface area contributed by atoms with E-state index in [1.807, 2.05) is 0 Å². The number of unbranched alkanes of at least 4 members (excludes halogenated alkanes) is 1. The molecule has 1 aromatic carbocycles. The van der Waals surface area contributed by atoms with E-state index in [4.69, 9.17) is 11.5 Å². The van der Waals surface area contributed by atoms with Gasteiger partial charge in [-0.1, -0.05) is 54.0 Å². The number of hydrogen-bond donors (Lipinski definition) is 3. The second-order valence-electron chi connectivity index (χ2n) is 8.35. The Morgan fingerprint density at radius 2 is 1.59 bits per heavy atom. The Kier molecular flexibility index (Phi) is 6.05. The van der Waals surface area contributed by atoms with Gasteiger partial charge in [0.1, 0.15) is 5.75 Å². The van der Waals surface area contributed by atoms with Crippen LogP contribution in [0.5, 0.6) is 5.75 Å². The number of benzene rings is 1. The molecule has 1 rings (SSSR count). The molecule has 1 atom stereocenters. The lowest BCUT2D eigenvalue weighted by Crippen LogP contribution is -2.20. The molecule has 0 saturated carbocycles. The van der Waals surface area contributed by atoms with Crippen LogP contribution in [-0.4, -0.2) is 11.7 Å². The van der Waals surface area contributed by atoms with Gasteiger partial charge in [0.05, 0.1) is 0 Å². The average molecular weight is 306 g/mol. The van der Waals surface area contributed by atoms with Gasteiger partial charge < -0.3 is 16.6 Å². The molecule has 0 fully saturated rings. The summed E-state index contributed by atoms with van der Waals surface area (Å²) in [4.78, 5) is 0. The largest absolute Gasteiger partial charge is 0.507 e. The second-order valence-corrected chi connectivity index (χ2v) is 8.35. The van der Waals surface area contributed by atoms with Crippen LogP contribution >= 0.6 is 0 Å². The van der Waals surface area contributed by atoms with Gasteiger partial charge >= 0.3 is 0 Å². The van der Waals surface area contributed by atoms with Gasteiger partial charge in [0.2, 0.25) is 0 Å². The summed E-state index contributed by atoms with van der Waals surface area (Å²) in [6.45, 7) is 13.6. The molecule has 3 heteroatoms. The van der Waals surface area contributed by atoms with Crippen molar-refractivity contribution < 1.29 is 5.11 Å². The molecule has 1 aromatic rings. The van der Waals surface area contributed by atoms with Crippen LogP contribution in [0.3, 0.4) is 0 Å². The minimum atomic E-state index is -0.144. The zero-order chi connectivity index (χ0) is 17.1. The molecule has 0 heterocycles. The van der Waals surface area contributed by atoms with Crippen molar-refractivity contribution >= 4 is 0 Å². The minimum absolute atomic E-state index is 0.0272. The number of nitrogens with two attached hydrogens (primary N) is 2. The summed E-state index contributed by atoms with van der Waals surface area (Å²) in [6, 6.07) is 4.07. The summed E-state index contributed by atoms with van der Waals surface area (Å²) < 4.78 is 0. The molecule has 0 bridgehead atoms. The lowest BCUT2D eigenvalue weighted by molar-refractivity contribution is 0.428. The normalized spacial score (nSPS) is 14.2. The van der Waals surface area contributed by atoms with Crippen LogP contribution in [0.4, 0.5) is 0 Å². The maximum Gasteiger partial charge on any atom is 0.124 e. The number of rotatable bonds is 5. The van der Waals surface area contributed by atoms with E-state index in [9.17, 15) is 5.11 Å². The highest BCUT2D eigenvalue weighted by molar-refractivity contribution is 5.49. The number of phenolic OH excluding ortho intramolecular Hbond substituents is 1. The van der Waals surface area contributed by atoms with Crippen LogP contribution < -0.4 is 11.5 Å². The number of phenols is 1. The summed E-state index contributed by atoms with van der Waals surface area (Å²) in [7, 11) is 0. The average Bonchev–Trinajstić information content (AvgIpc) is 2.36. The van der Waals surface area contributed by atoms with Gasteiger partial charge in [0.25, 0.3) is 0 Å². The van der Waals surface area contributed by atoms with Gasteiger partial charge in [-0.3, -0.25) is 0 Å². The third-order valence-electron chi connectivity index (χ3n) is 4.18. The number of aromatic hydroxyl groups is 1. The third-order valence-corrected chi connectivity index (χ3v) is 4.18. The van der Waals surface area contributed by atoms with Crippen LogP contribution in [0.25, 0.3) is 0 Å². The van der Waals surface area contributed by atoms with E-state index in [1.54, 1.807) is 0 Å². The Morgan fingerprint density at radius 1 is 1.00 bits per heavy atom. The molecule has 22 heavy (non-hydrogen) atoms. The first-order chi connectivity index (χ1) is 9.98. The molecule has 5 N–H and O–H groups in total. The minimum Gasteiger partial charge on any atom is -0.507 e. The molecular weight excluding hydrogens is 272 g/mol. The highest BCUT2D eigenvalue weighted by Gasteiger charge is 2.26. The van der Waals surface area contributed by atoms with Crippen LogP contribution in [-0.2, 0) is 10.8 Å². The molecule has 0 aliphatic carbocycles. The zero-order valence-electron chi connectivity index (χ0n) is 15.2. The monoisotopic (exact) mass is 306 g/mol. The molecule has 0 saturated heterocycles. The molecule has 0 aliphatic rings. The Hall–Kier alpha value is -1.06. The van der Waals surface area contributed by atoms with Gasteiger partial charge in [-0.05, 0) is 47.4 Å². The lowest BCUT2D eigenvalue weighted by Gasteiger charge is -2.29. The van der Waals surface area contributed by atoms with Crippen molar-refractivity contribution in [2.24, 2.45) is 11.5 Å². The SMILES string of the molecule is CC(C)(C)c1cc([C@@H](N)CCCCN)c(O)c(C(C)(C)C)c1. The quantitative estimate of drug-likeness (QED) is 0.717. The van der Waals surface area contributed by atoms with Crippen molar-refractivity contribution in [1.82, 2.24) is 0 Å². The molecule has 0 aliphatic heterocycles. The van der Waals surface area contributed by atoms with E-state index in [0.29, 0.717) is 12.3 Å². The molecule has 0 radical (unpaired) electrons. The standard InChI is InChI=1S/C19H34N2O/c1-18(2,3)13-11-14(16(21)9-7-8-10-20)17(22)15(12-13)19(4,5)6/h11-12,16,22H,7-10,20-21H2,1-6H3/t16-/m0/s1. The Labute approximate surface area is 136 Å². The molecular formula is C19H34N2O. The van der Waals surface area contributed by atoms with Crippen molar-refractivity contribution in [2.75, 3.05) is 6.54 Å². The molecule has 0 unspecified atom stereocenters. The molecule has 0 aromatic heterocycles. The van der Waals surface area contributed by atoms with E-state index in [-0.39, 0.29) is 16.9 Å². The molecule has 0 amide bonds. The predicted molar refractivity (Wildman–Crippen MR) is 95.3 cm³/mol. The lowest BCUT2D eigenvalue weighted by atomic mass is 9.78. The van der Waals surface area contributed by atoms with Crippen molar-refractivity contribution in [1.29, 1.82) is 0 Å². The maximum absolute atomic E-state index is 10.7. The van der Waals surface area contributed by atoms with Crippen LogP contribution in [0.15, 0.2) is 12.1 Å². The molecule has 126 valence electrons. The first-order valence-corrected chi connectivity index (χ1v) is 8.32. The fourth-order valence-corrected chi connectivity index (χ4v) is 2.61. The second kappa shape index (κ2) is 7.01. The van der Waals surface area contributed by atoms with Gasteiger partial charge in [0.15, 0.2) is 0 Å². The van der Waals surface area contributed by atoms with Crippen molar-refractivity contribution in [2.45, 2.75) is 77.7 Å². The van der Waals surface area contributed by atoms with Crippen molar-refractivity contribution in [3.63, 3.8) is 0 Å². The molecule has 0 spiro atoms. The summed E-state index contributed by atoms with van der Waals surface area (Å²) in [5.74, 6) is 0.362. The fourth-order valence-electron chi connectivity index (χ4n) is 2.61. The molecule has 3 nitrogen and oxygen atoms in total. The Balaban J connectivity index is 3.31. The summed E-state index contributed by atoms with van der Waals surface area (Å²) >= 11 is 0. The van der Waals surface area contributed by atoms with Gasteiger partial charge in [-0.15, -0.1) is 0 Å². The highest BCUT2D eigenvalue weighted by Crippen LogP contribution is 2.40. The smallest absolute Gasteiger partial charge is 0.124 e. The van der Waals surface area contributed by atoms with Gasteiger partial charge in [-0.2, -0.15) is 0 Å². The topological polar surface area (TPSA) is 72.3 Å². The maximum atomic E-state index is 10.7. The van der Waals surface area contributed by atoms with E-state index in [2.05, 4.69) is 53.7 Å². The zero-order valence-corrected chi connectivity index (χ0v) is 15.2. The first kappa shape index (κ1) is 19.0. The third kappa shape index (κ3) is 4.72. The van der Waals surface area contributed by atoms with Gasteiger partial charge in [-0.25, -0.2) is 0 Å². The van der Waals surface area contributed by atoms with E-state index in [1.165, 1.54) is 5.56 Å². The van der Waals surface area contributed by atoms with E-state index < -0.39 is 0 Å². The van der Waals surface area contributed by atoms with E-state index >= 15 is 0 Å². The fraction of sp³-hybridized carbons (Fsp3) is 0.684. The summed E-state index contributed by atoms with van der Waals surface area (Å²) in [6.07, 6.45) is 2.81. The van der Waals surface area contributed by atoms with Crippen molar-refractivity contribution in [3.8, 4) is 5.75 Å². The van der Waals surface area contributed by atoms with Crippen LogP contribution in [0.2, 0.25) is 0 Å². The van der Waals surface area contributed by atoms with Gasteiger partial charge in [0, 0.05) is 11.6 Å². The Morgan fingerprint density at radius 3 is 2.05 bits per heavy atom. The predicted octanol–water partition coefficient (Wildman–Crippen LogP) is 4.12. The highest BCUT2D eigenvalue weighted by atomic mass is 16.3. The first-order valence-electron chi connectivity index (χ1n) is 8.32. The van der Waals surface area contributed by atoms with Crippen molar-refractivity contribution in [3.05, 3.63) is 28.8 Å². The summed E-state index contributed by atoms with van der Waals surface area (Å²) in [5.41, 5.74) is 14.9.